The number of benzene rings is 2. The highest BCUT2D eigenvalue weighted by molar-refractivity contribution is 5.69. The van der Waals surface area contributed by atoms with Crippen LogP contribution in [0.3, 0.4) is 0 Å². The predicted octanol–water partition coefficient (Wildman–Crippen LogP) is 3.27. The third-order valence-electron chi connectivity index (χ3n) is 2.89. The lowest BCUT2D eigenvalue weighted by molar-refractivity contribution is 0.414. The molecule has 0 unspecified atom stereocenters. The van der Waals surface area contributed by atoms with Gasteiger partial charge in [0.2, 0.25) is 0 Å². The molecule has 0 atom stereocenters. The molecule has 0 aromatic heterocycles. The zero-order valence-electron chi connectivity index (χ0n) is 10.5. The van der Waals surface area contributed by atoms with Crippen molar-refractivity contribution in [2.24, 2.45) is 5.73 Å². The van der Waals surface area contributed by atoms with Crippen LogP contribution in [0.1, 0.15) is 11.1 Å². The molecule has 0 aliphatic carbocycles. The van der Waals surface area contributed by atoms with E-state index >= 15 is 0 Å². The van der Waals surface area contributed by atoms with Gasteiger partial charge in [-0.2, -0.15) is 0 Å². The van der Waals surface area contributed by atoms with Crippen LogP contribution in [0.2, 0.25) is 0 Å². The average Bonchev–Trinajstić information content (AvgIpc) is 2.36. The van der Waals surface area contributed by atoms with Gasteiger partial charge in [0.05, 0.1) is 7.11 Å². The molecule has 2 aromatic carbocycles. The molecule has 18 heavy (non-hydrogen) atoms. The molecule has 0 saturated heterocycles. The standard InChI is InChI=1S/C15H16FNO/c1-10-5-11(7-13(16)6-10)15-4-3-14(18-2)8-12(15)9-17/h3-8H,9,17H2,1-2H3. The Bertz CT molecular complexity index is 546. The fourth-order valence-electron chi connectivity index (χ4n) is 2.04. The fraction of sp³-hybridized carbons (Fsp3) is 0.200. The number of rotatable bonds is 3. The van der Waals surface area contributed by atoms with Crippen LogP contribution in [0.5, 0.6) is 5.75 Å². The van der Waals surface area contributed by atoms with Gasteiger partial charge in [-0.05, 0) is 53.4 Å². The number of hydrogen-bond acceptors (Lipinski definition) is 2. The van der Waals surface area contributed by atoms with Crippen molar-refractivity contribution in [2.75, 3.05) is 7.11 Å². The molecule has 2 nitrogen and oxygen atoms in total. The number of ether oxygens (including phenoxy) is 1. The summed E-state index contributed by atoms with van der Waals surface area (Å²) in [6.45, 7) is 2.26. The van der Waals surface area contributed by atoms with Gasteiger partial charge in [0.25, 0.3) is 0 Å². The average molecular weight is 245 g/mol. The van der Waals surface area contributed by atoms with Crippen LogP contribution in [0, 0.1) is 12.7 Å². The third kappa shape index (κ3) is 2.51. The SMILES string of the molecule is COc1ccc(-c2cc(C)cc(F)c2)c(CN)c1. The van der Waals surface area contributed by atoms with Crippen LogP contribution in [0.25, 0.3) is 11.1 Å². The summed E-state index contributed by atoms with van der Waals surface area (Å²) in [5.74, 6) is 0.524. The highest BCUT2D eigenvalue weighted by Crippen LogP contribution is 2.28. The van der Waals surface area contributed by atoms with E-state index in [4.69, 9.17) is 10.5 Å². The van der Waals surface area contributed by atoms with Crippen LogP contribution < -0.4 is 10.5 Å². The number of aryl methyl sites for hydroxylation is 1. The van der Waals surface area contributed by atoms with Crippen molar-refractivity contribution < 1.29 is 9.13 Å². The van der Waals surface area contributed by atoms with E-state index in [0.717, 1.165) is 28.0 Å². The third-order valence-corrected chi connectivity index (χ3v) is 2.89. The molecule has 3 heteroatoms. The molecule has 2 aromatic rings. The second-order valence-corrected chi connectivity index (χ2v) is 4.24. The molecule has 0 heterocycles. The van der Waals surface area contributed by atoms with Gasteiger partial charge in [0, 0.05) is 6.54 Å². The highest BCUT2D eigenvalue weighted by Gasteiger charge is 2.07. The Morgan fingerprint density at radius 1 is 1.17 bits per heavy atom. The van der Waals surface area contributed by atoms with Crippen molar-refractivity contribution in [2.45, 2.75) is 13.5 Å². The number of methoxy groups -OCH3 is 1. The quantitative estimate of drug-likeness (QED) is 0.900. The first kappa shape index (κ1) is 12.6. The zero-order valence-corrected chi connectivity index (χ0v) is 10.5. The normalized spacial score (nSPS) is 10.4. The van der Waals surface area contributed by atoms with Gasteiger partial charge >= 0.3 is 0 Å². The number of nitrogens with two attached hydrogens (primary N) is 1. The van der Waals surface area contributed by atoms with Crippen molar-refractivity contribution in [3.63, 3.8) is 0 Å². The molecular weight excluding hydrogens is 229 g/mol. The summed E-state index contributed by atoms with van der Waals surface area (Å²) >= 11 is 0. The summed E-state index contributed by atoms with van der Waals surface area (Å²) in [5.41, 5.74) is 9.36. The first-order valence-electron chi connectivity index (χ1n) is 5.78. The highest BCUT2D eigenvalue weighted by atomic mass is 19.1. The molecule has 0 aliphatic heterocycles. The molecule has 2 rings (SSSR count). The molecule has 0 spiro atoms. The summed E-state index contributed by atoms with van der Waals surface area (Å²) in [4.78, 5) is 0. The second-order valence-electron chi connectivity index (χ2n) is 4.24. The first-order chi connectivity index (χ1) is 8.63. The Morgan fingerprint density at radius 2 is 1.94 bits per heavy atom. The van der Waals surface area contributed by atoms with Gasteiger partial charge in [-0.25, -0.2) is 4.39 Å². The Hall–Kier alpha value is -1.87. The molecule has 0 radical (unpaired) electrons. The van der Waals surface area contributed by atoms with E-state index < -0.39 is 0 Å². The van der Waals surface area contributed by atoms with E-state index in [1.807, 2.05) is 31.2 Å². The van der Waals surface area contributed by atoms with Crippen LogP contribution in [0.4, 0.5) is 4.39 Å². The van der Waals surface area contributed by atoms with E-state index in [0.29, 0.717) is 6.54 Å². The molecule has 0 fully saturated rings. The van der Waals surface area contributed by atoms with E-state index in [2.05, 4.69) is 0 Å². The topological polar surface area (TPSA) is 35.2 Å². The Kier molecular flexibility index (Phi) is 3.63. The largest absolute Gasteiger partial charge is 0.497 e. The Balaban J connectivity index is 2.55. The van der Waals surface area contributed by atoms with Gasteiger partial charge in [0.15, 0.2) is 0 Å². The molecule has 0 saturated carbocycles. The minimum Gasteiger partial charge on any atom is -0.497 e. The van der Waals surface area contributed by atoms with E-state index in [-0.39, 0.29) is 5.82 Å². The Labute approximate surface area is 106 Å². The van der Waals surface area contributed by atoms with Gasteiger partial charge in [0.1, 0.15) is 11.6 Å². The van der Waals surface area contributed by atoms with Crippen LogP contribution in [0.15, 0.2) is 36.4 Å². The van der Waals surface area contributed by atoms with Crippen molar-refractivity contribution >= 4 is 0 Å². The maximum absolute atomic E-state index is 13.4. The lowest BCUT2D eigenvalue weighted by Gasteiger charge is -2.11. The van der Waals surface area contributed by atoms with E-state index in [1.54, 1.807) is 7.11 Å². The maximum atomic E-state index is 13.4. The molecular formula is C15H16FNO. The summed E-state index contributed by atoms with van der Waals surface area (Å²) in [5, 5.41) is 0. The predicted molar refractivity (Wildman–Crippen MR) is 71.0 cm³/mol. The van der Waals surface area contributed by atoms with Gasteiger partial charge in [-0.15, -0.1) is 0 Å². The summed E-state index contributed by atoms with van der Waals surface area (Å²) < 4.78 is 18.6. The van der Waals surface area contributed by atoms with Crippen LogP contribution in [-0.2, 0) is 6.54 Å². The molecule has 94 valence electrons. The number of halogens is 1. The monoisotopic (exact) mass is 245 g/mol. The minimum atomic E-state index is -0.233. The zero-order chi connectivity index (χ0) is 13.1. The summed E-state index contributed by atoms with van der Waals surface area (Å²) in [7, 11) is 1.61. The first-order valence-corrected chi connectivity index (χ1v) is 5.78. The molecule has 2 N–H and O–H groups in total. The van der Waals surface area contributed by atoms with Gasteiger partial charge < -0.3 is 10.5 Å². The van der Waals surface area contributed by atoms with Crippen LogP contribution >= 0.6 is 0 Å². The maximum Gasteiger partial charge on any atom is 0.124 e. The van der Waals surface area contributed by atoms with E-state index in [9.17, 15) is 4.39 Å². The molecule has 0 amide bonds. The summed E-state index contributed by atoms with van der Waals surface area (Å²) in [6.07, 6.45) is 0. The van der Waals surface area contributed by atoms with Crippen molar-refractivity contribution in [1.29, 1.82) is 0 Å². The lowest BCUT2D eigenvalue weighted by atomic mass is 9.98. The van der Waals surface area contributed by atoms with Crippen molar-refractivity contribution in [1.82, 2.24) is 0 Å². The Morgan fingerprint density at radius 3 is 2.56 bits per heavy atom. The minimum absolute atomic E-state index is 0.233. The smallest absolute Gasteiger partial charge is 0.124 e. The second kappa shape index (κ2) is 5.19. The van der Waals surface area contributed by atoms with Crippen LogP contribution in [-0.4, -0.2) is 7.11 Å². The van der Waals surface area contributed by atoms with Gasteiger partial charge in [-0.1, -0.05) is 12.1 Å². The van der Waals surface area contributed by atoms with E-state index in [1.165, 1.54) is 12.1 Å². The van der Waals surface area contributed by atoms with Gasteiger partial charge in [-0.3, -0.25) is 0 Å². The summed E-state index contributed by atoms with van der Waals surface area (Å²) in [6, 6.07) is 10.6. The number of hydrogen-bond donors (Lipinski definition) is 1. The molecule has 0 aliphatic rings. The molecule has 0 bridgehead atoms. The van der Waals surface area contributed by atoms with Crippen molar-refractivity contribution in [3.05, 3.63) is 53.3 Å². The lowest BCUT2D eigenvalue weighted by Crippen LogP contribution is -2.00. The fourth-order valence-corrected chi connectivity index (χ4v) is 2.04. The van der Waals surface area contributed by atoms with Crippen molar-refractivity contribution in [3.8, 4) is 16.9 Å².